The summed E-state index contributed by atoms with van der Waals surface area (Å²) in [5, 5.41) is 0. The van der Waals surface area contributed by atoms with E-state index in [0.717, 1.165) is 21.3 Å². The summed E-state index contributed by atoms with van der Waals surface area (Å²) in [4.78, 5) is 28.9. The normalized spacial score (nSPS) is 11.2. The SMILES string of the molecule is Cn1c(=O)c2c(nc(N)n2Cc2ccc(-c3ccccc3)cc2)n(C)c1=O. The molecule has 0 unspecified atom stereocenters. The lowest BCUT2D eigenvalue weighted by atomic mass is 10.0. The van der Waals surface area contributed by atoms with Crippen molar-refractivity contribution in [1.82, 2.24) is 18.7 Å². The first-order valence-electron chi connectivity index (χ1n) is 8.53. The van der Waals surface area contributed by atoms with Crippen LogP contribution >= 0.6 is 0 Å². The van der Waals surface area contributed by atoms with E-state index in [1.807, 2.05) is 42.5 Å². The molecule has 0 saturated carbocycles. The Kier molecular flexibility index (Phi) is 3.92. The summed E-state index contributed by atoms with van der Waals surface area (Å²) in [6.45, 7) is 0.394. The number of anilines is 1. The third-order valence-corrected chi connectivity index (χ3v) is 4.78. The number of aryl methyl sites for hydroxylation is 1. The fourth-order valence-corrected chi connectivity index (χ4v) is 3.24. The molecule has 0 aliphatic rings. The highest BCUT2D eigenvalue weighted by Crippen LogP contribution is 2.21. The van der Waals surface area contributed by atoms with Gasteiger partial charge in [0.05, 0.1) is 6.54 Å². The molecular formula is C20H19N5O2. The number of hydrogen-bond donors (Lipinski definition) is 1. The molecular weight excluding hydrogens is 342 g/mol. The second-order valence-electron chi connectivity index (χ2n) is 6.50. The number of nitrogens with zero attached hydrogens (tertiary/aromatic N) is 4. The van der Waals surface area contributed by atoms with Gasteiger partial charge in [0, 0.05) is 14.1 Å². The van der Waals surface area contributed by atoms with E-state index in [0.29, 0.717) is 17.7 Å². The number of nitrogens with two attached hydrogens (primary N) is 1. The number of hydrogen-bond acceptors (Lipinski definition) is 4. The molecule has 0 amide bonds. The number of benzene rings is 2. The maximum atomic E-state index is 12.6. The van der Waals surface area contributed by atoms with Crippen molar-refractivity contribution in [2.24, 2.45) is 14.1 Å². The lowest BCUT2D eigenvalue weighted by molar-refractivity contribution is 0.702. The fourth-order valence-electron chi connectivity index (χ4n) is 3.24. The molecule has 0 aliphatic heterocycles. The van der Waals surface area contributed by atoms with E-state index in [2.05, 4.69) is 17.1 Å². The summed E-state index contributed by atoms with van der Waals surface area (Å²) < 4.78 is 4.05. The van der Waals surface area contributed by atoms with Crippen LogP contribution in [-0.2, 0) is 20.6 Å². The van der Waals surface area contributed by atoms with Crippen molar-refractivity contribution >= 4 is 17.1 Å². The average molecular weight is 361 g/mol. The summed E-state index contributed by atoms with van der Waals surface area (Å²) in [5.74, 6) is 0.204. The van der Waals surface area contributed by atoms with Crippen molar-refractivity contribution in [3.8, 4) is 11.1 Å². The van der Waals surface area contributed by atoms with Crippen molar-refractivity contribution in [3.63, 3.8) is 0 Å². The molecule has 0 radical (unpaired) electrons. The van der Waals surface area contributed by atoms with Crippen LogP contribution in [-0.4, -0.2) is 18.7 Å². The zero-order valence-corrected chi connectivity index (χ0v) is 15.1. The second kappa shape index (κ2) is 6.28. The van der Waals surface area contributed by atoms with Gasteiger partial charge in [0.15, 0.2) is 11.2 Å². The summed E-state index contributed by atoms with van der Waals surface area (Å²) in [6, 6.07) is 18.2. The van der Waals surface area contributed by atoms with Gasteiger partial charge >= 0.3 is 5.69 Å². The topological polar surface area (TPSA) is 87.8 Å². The molecule has 4 rings (SSSR count). The Hall–Kier alpha value is -3.61. The van der Waals surface area contributed by atoms with Crippen molar-refractivity contribution in [3.05, 3.63) is 81.0 Å². The highest BCUT2D eigenvalue weighted by molar-refractivity contribution is 5.74. The Morgan fingerprint density at radius 2 is 1.52 bits per heavy atom. The second-order valence-corrected chi connectivity index (χ2v) is 6.50. The molecule has 2 N–H and O–H groups in total. The van der Waals surface area contributed by atoms with Gasteiger partial charge in [-0.2, -0.15) is 4.98 Å². The first-order valence-corrected chi connectivity index (χ1v) is 8.53. The Balaban J connectivity index is 1.77. The third kappa shape index (κ3) is 2.73. The van der Waals surface area contributed by atoms with Crippen molar-refractivity contribution in [2.45, 2.75) is 6.54 Å². The van der Waals surface area contributed by atoms with Crippen molar-refractivity contribution in [1.29, 1.82) is 0 Å². The minimum atomic E-state index is -0.427. The van der Waals surface area contributed by atoms with Crippen LogP contribution in [0.2, 0.25) is 0 Å². The molecule has 2 heterocycles. The predicted octanol–water partition coefficient (Wildman–Crippen LogP) is 1.73. The van der Waals surface area contributed by atoms with Gasteiger partial charge in [-0.25, -0.2) is 4.79 Å². The average Bonchev–Trinajstić information content (AvgIpc) is 3.02. The summed E-state index contributed by atoms with van der Waals surface area (Å²) in [5.41, 5.74) is 9.07. The minimum Gasteiger partial charge on any atom is -0.369 e. The van der Waals surface area contributed by atoms with E-state index < -0.39 is 11.2 Å². The number of aromatic nitrogens is 4. The molecule has 4 aromatic rings. The molecule has 0 bridgehead atoms. The first kappa shape index (κ1) is 16.8. The molecule has 136 valence electrons. The van der Waals surface area contributed by atoms with Gasteiger partial charge in [0.1, 0.15) is 0 Å². The molecule has 0 saturated heterocycles. The largest absolute Gasteiger partial charge is 0.369 e. The van der Waals surface area contributed by atoms with Crippen LogP contribution in [0.5, 0.6) is 0 Å². The molecule has 0 fully saturated rings. The number of fused-ring (bicyclic) bond motifs is 1. The van der Waals surface area contributed by atoms with Gasteiger partial charge in [-0.05, 0) is 16.7 Å². The fraction of sp³-hybridized carbons (Fsp3) is 0.150. The van der Waals surface area contributed by atoms with E-state index >= 15 is 0 Å². The first-order chi connectivity index (χ1) is 13.0. The van der Waals surface area contributed by atoms with Gasteiger partial charge in [-0.15, -0.1) is 0 Å². The van der Waals surface area contributed by atoms with Crippen LogP contribution in [0.15, 0.2) is 64.2 Å². The van der Waals surface area contributed by atoms with E-state index in [-0.39, 0.29) is 5.95 Å². The number of nitrogen functional groups attached to an aromatic ring is 1. The van der Waals surface area contributed by atoms with Crippen LogP contribution in [0.25, 0.3) is 22.3 Å². The standard InChI is InChI=1S/C20H19N5O2/c1-23-17-16(18(26)24(2)20(23)27)25(19(21)22-17)12-13-8-10-15(11-9-13)14-6-4-3-5-7-14/h3-11H,12H2,1-2H3,(H2,21,22). The highest BCUT2D eigenvalue weighted by Gasteiger charge is 2.17. The van der Waals surface area contributed by atoms with E-state index in [9.17, 15) is 9.59 Å². The van der Waals surface area contributed by atoms with E-state index in [4.69, 9.17) is 5.73 Å². The Morgan fingerprint density at radius 3 is 2.19 bits per heavy atom. The maximum Gasteiger partial charge on any atom is 0.332 e. The lowest BCUT2D eigenvalue weighted by Gasteiger charge is -2.09. The van der Waals surface area contributed by atoms with Crippen LogP contribution in [0.3, 0.4) is 0 Å². The smallest absolute Gasteiger partial charge is 0.332 e. The quantitative estimate of drug-likeness (QED) is 0.602. The maximum absolute atomic E-state index is 12.6. The highest BCUT2D eigenvalue weighted by atomic mass is 16.2. The molecule has 2 aromatic carbocycles. The molecule has 0 aliphatic carbocycles. The lowest BCUT2D eigenvalue weighted by Crippen LogP contribution is -2.37. The number of rotatable bonds is 3. The Labute approximate surface area is 154 Å². The molecule has 0 atom stereocenters. The molecule has 0 spiro atoms. The van der Waals surface area contributed by atoms with Crippen LogP contribution in [0.1, 0.15) is 5.56 Å². The molecule has 7 heteroatoms. The molecule has 2 aromatic heterocycles. The summed E-state index contributed by atoms with van der Waals surface area (Å²) in [7, 11) is 3.03. The van der Waals surface area contributed by atoms with Crippen LogP contribution < -0.4 is 17.0 Å². The number of imidazole rings is 1. The van der Waals surface area contributed by atoms with Gasteiger partial charge in [0.25, 0.3) is 5.56 Å². The summed E-state index contributed by atoms with van der Waals surface area (Å²) >= 11 is 0. The third-order valence-electron chi connectivity index (χ3n) is 4.78. The summed E-state index contributed by atoms with van der Waals surface area (Å²) in [6.07, 6.45) is 0. The van der Waals surface area contributed by atoms with Crippen LogP contribution in [0, 0.1) is 0 Å². The van der Waals surface area contributed by atoms with E-state index in [1.165, 1.54) is 11.6 Å². The zero-order valence-electron chi connectivity index (χ0n) is 15.1. The van der Waals surface area contributed by atoms with Crippen LogP contribution in [0.4, 0.5) is 5.95 Å². The predicted molar refractivity (Wildman–Crippen MR) is 106 cm³/mol. The van der Waals surface area contributed by atoms with Gasteiger partial charge < -0.3 is 10.3 Å². The monoisotopic (exact) mass is 361 g/mol. The van der Waals surface area contributed by atoms with Gasteiger partial charge in [0.2, 0.25) is 5.95 Å². The van der Waals surface area contributed by atoms with Crippen molar-refractivity contribution in [2.75, 3.05) is 5.73 Å². The minimum absolute atomic E-state index is 0.204. The molecule has 27 heavy (non-hydrogen) atoms. The molecule has 7 nitrogen and oxygen atoms in total. The van der Waals surface area contributed by atoms with Crippen molar-refractivity contribution < 1.29 is 0 Å². The van der Waals surface area contributed by atoms with Gasteiger partial charge in [-0.1, -0.05) is 54.6 Å². The van der Waals surface area contributed by atoms with E-state index in [1.54, 1.807) is 11.6 Å². The van der Waals surface area contributed by atoms with Gasteiger partial charge in [-0.3, -0.25) is 13.9 Å². The zero-order chi connectivity index (χ0) is 19.1. The Morgan fingerprint density at radius 1 is 0.889 bits per heavy atom. The Bertz CT molecular complexity index is 1250.